The van der Waals surface area contributed by atoms with Gasteiger partial charge >= 0.3 is 5.97 Å². The molecule has 34 heavy (non-hydrogen) atoms. The largest absolute Gasteiger partial charge is 0.463 e. The molecule has 0 aliphatic carbocycles. The van der Waals surface area contributed by atoms with E-state index < -0.39 is 6.29 Å². The molecule has 0 radical (unpaired) electrons. The van der Waals surface area contributed by atoms with Gasteiger partial charge in [0.25, 0.3) is 0 Å². The van der Waals surface area contributed by atoms with Gasteiger partial charge in [0.15, 0.2) is 12.6 Å². The Morgan fingerprint density at radius 2 is 1.41 bits per heavy atom. The van der Waals surface area contributed by atoms with Gasteiger partial charge in [-0.1, -0.05) is 66.7 Å². The Kier molecular flexibility index (Phi) is 8.88. The first kappa shape index (κ1) is 24.6. The first-order chi connectivity index (χ1) is 16.6. The van der Waals surface area contributed by atoms with E-state index in [-0.39, 0.29) is 36.7 Å². The molecule has 2 aromatic carbocycles. The Morgan fingerprint density at radius 3 is 2.03 bits per heavy atom. The average molecular weight is 467 g/mol. The van der Waals surface area contributed by atoms with Crippen LogP contribution < -0.4 is 0 Å². The topological polar surface area (TPSA) is 63.2 Å². The molecule has 0 amide bonds. The van der Waals surface area contributed by atoms with E-state index in [1.165, 1.54) is 6.08 Å². The van der Waals surface area contributed by atoms with E-state index in [2.05, 4.69) is 6.92 Å². The van der Waals surface area contributed by atoms with Gasteiger partial charge in [0.1, 0.15) is 0 Å². The lowest BCUT2D eigenvalue weighted by Gasteiger charge is -2.40. The Labute approximate surface area is 201 Å². The molecule has 4 rings (SSSR count). The number of hydrogen-bond donors (Lipinski definition) is 0. The fourth-order valence-electron chi connectivity index (χ4n) is 4.47. The number of carbonyl (C=O) groups excluding carboxylic acids is 1. The predicted octanol–water partition coefficient (Wildman–Crippen LogP) is 5.65. The standard InChI is InChI=1S/C28H34O6/c1-3-30-26(29)16-10-15-23-18-25(34-28(32-23)22-13-8-5-9-14-22)19-24-17-20(2)31-27(33-24)21-11-6-4-7-12-21/h4-14,16,20,23-25,27-28H,3,15,17-19H2,1-2H3/b16-10-/t20-,23+,24-,25+,27-,28+/m0/s1. The van der Waals surface area contributed by atoms with Gasteiger partial charge in [0.05, 0.1) is 31.0 Å². The maximum absolute atomic E-state index is 11.7. The zero-order valence-corrected chi connectivity index (χ0v) is 19.9. The SMILES string of the molecule is CCOC(=O)/C=C\C[C@@H]1C[C@H](C[C@@H]2C[C@H](C)O[C@H](c3ccccc3)O2)O[C@H](c2ccccc2)O1. The van der Waals surface area contributed by atoms with Crippen molar-refractivity contribution in [2.75, 3.05) is 6.61 Å². The molecule has 6 heteroatoms. The quantitative estimate of drug-likeness (QED) is 0.370. The molecule has 6 atom stereocenters. The summed E-state index contributed by atoms with van der Waals surface area (Å²) in [4.78, 5) is 11.7. The second-order valence-corrected chi connectivity index (χ2v) is 8.80. The van der Waals surface area contributed by atoms with Gasteiger partial charge in [-0.2, -0.15) is 0 Å². The molecule has 182 valence electrons. The third-order valence-corrected chi connectivity index (χ3v) is 6.03. The minimum Gasteiger partial charge on any atom is -0.463 e. The van der Waals surface area contributed by atoms with Crippen molar-refractivity contribution in [1.29, 1.82) is 0 Å². The summed E-state index contributed by atoms with van der Waals surface area (Å²) in [5.74, 6) is -0.331. The number of benzene rings is 2. The highest BCUT2D eigenvalue weighted by Gasteiger charge is 2.35. The van der Waals surface area contributed by atoms with E-state index >= 15 is 0 Å². The van der Waals surface area contributed by atoms with Crippen molar-refractivity contribution in [3.05, 3.63) is 83.9 Å². The van der Waals surface area contributed by atoms with Crippen molar-refractivity contribution >= 4 is 5.97 Å². The maximum Gasteiger partial charge on any atom is 0.330 e. The van der Waals surface area contributed by atoms with Crippen LogP contribution in [0.3, 0.4) is 0 Å². The Hall–Kier alpha value is -2.51. The lowest BCUT2D eigenvalue weighted by Crippen LogP contribution is -2.39. The van der Waals surface area contributed by atoms with Crippen molar-refractivity contribution in [3.63, 3.8) is 0 Å². The maximum atomic E-state index is 11.7. The zero-order chi connectivity index (χ0) is 23.8. The van der Waals surface area contributed by atoms with Crippen LogP contribution >= 0.6 is 0 Å². The number of carbonyl (C=O) groups is 1. The van der Waals surface area contributed by atoms with E-state index in [9.17, 15) is 4.79 Å². The van der Waals surface area contributed by atoms with Gasteiger partial charge in [0.2, 0.25) is 0 Å². The van der Waals surface area contributed by atoms with Gasteiger partial charge < -0.3 is 23.7 Å². The van der Waals surface area contributed by atoms with Gasteiger partial charge in [-0.25, -0.2) is 4.79 Å². The number of hydrogen-bond acceptors (Lipinski definition) is 6. The molecule has 0 aromatic heterocycles. The first-order valence-corrected chi connectivity index (χ1v) is 12.2. The van der Waals surface area contributed by atoms with Crippen LogP contribution in [0.15, 0.2) is 72.8 Å². The fourth-order valence-corrected chi connectivity index (χ4v) is 4.47. The molecule has 2 saturated heterocycles. The highest BCUT2D eigenvalue weighted by Crippen LogP contribution is 2.37. The van der Waals surface area contributed by atoms with Crippen LogP contribution in [-0.2, 0) is 28.5 Å². The van der Waals surface area contributed by atoms with Crippen LogP contribution in [0.5, 0.6) is 0 Å². The number of esters is 1. The molecular weight excluding hydrogens is 432 g/mol. The van der Waals surface area contributed by atoms with Crippen LogP contribution in [0.1, 0.15) is 63.2 Å². The summed E-state index contributed by atoms with van der Waals surface area (Å²) in [7, 11) is 0. The summed E-state index contributed by atoms with van der Waals surface area (Å²) in [5, 5.41) is 0. The van der Waals surface area contributed by atoms with E-state index in [1.54, 1.807) is 6.92 Å². The molecular formula is C28H34O6. The van der Waals surface area contributed by atoms with Gasteiger partial charge in [-0.3, -0.25) is 0 Å². The van der Waals surface area contributed by atoms with Crippen molar-refractivity contribution in [3.8, 4) is 0 Å². The molecule has 0 saturated carbocycles. The predicted molar refractivity (Wildman–Crippen MR) is 128 cm³/mol. The molecule has 0 spiro atoms. The monoisotopic (exact) mass is 466 g/mol. The van der Waals surface area contributed by atoms with Crippen molar-refractivity contribution in [2.24, 2.45) is 0 Å². The Balaban J connectivity index is 1.42. The molecule has 0 bridgehead atoms. The zero-order valence-electron chi connectivity index (χ0n) is 19.9. The van der Waals surface area contributed by atoms with Crippen molar-refractivity contribution < 1.29 is 28.5 Å². The molecule has 2 heterocycles. The van der Waals surface area contributed by atoms with Crippen LogP contribution in [0, 0.1) is 0 Å². The molecule has 0 unspecified atom stereocenters. The second-order valence-electron chi connectivity index (χ2n) is 8.80. The fraction of sp³-hybridized carbons (Fsp3) is 0.464. The van der Waals surface area contributed by atoms with E-state index in [1.807, 2.05) is 66.7 Å². The van der Waals surface area contributed by atoms with Crippen LogP contribution in [-0.4, -0.2) is 37.0 Å². The normalized spacial score (nSPS) is 29.7. The lowest BCUT2D eigenvalue weighted by atomic mass is 9.97. The minimum absolute atomic E-state index is 0.0178. The summed E-state index contributed by atoms with van der Waals surface area (Å²) in [6.45, 7) is 4.25. The van der Waals surface area contributed by atoms with Crippen molar-refractivity contribution in [2.45, 2.75) is 76.5 Å². The average Bonchev–Trinajstić information content (AvgIpc) is 2.85. The Bertz CT molecular complexity index is 915. The summed E-state index contributed by atoms with van der Waals surface area (Å²) >= 11 is 0. The molecule has 2 aliphatic rings. The Morgan fingerprint density at radius 1 is 0.853 bits per heavy atom. The summed E-state index contributed by atoms with van der Waals surface area (Å²) in [6.07, 6.45) is 5.38. The third-order valence-electron chi connectivity index (χ3n) is 6.03. The summed E-state index contributed by atoms with van der Waals surface area (Å²) < 4.78 is 30.0. The second kappa shape index (κ2) is 12.3. The van der Waals surface area contributed by atoms with Gasteiger partial charge in [-0.15, -0.1) is 0 Å². The molecule has 2 aromatic rings. The lowest BCUT2D eigenvalue weighted by molar-refractivity contribution is -0.275. The van der Waals surface area contributed by atoms with Crippen LogP contribution in [0.25, 0.3) is 0 Å². The smallest absolute Gasteiger partial charge is 0.330 e. The van der Waals surface area contributed by atoms with Gasteiger partial charge in [0, 0.05) is 30.0 Å². The minimum atomic E-state index is -0.455. The molecule has 6 nitrogen and oxygen atoms in total. The van der Waals surface area contributed by atoms with Crippen LogP contribution in [0.2, 0.25) is 0 Å². The van der Waals surface area contributed by atoms with E-state index in [4.69, 9.17) is 23.7 Å². The van der Waals surface area contributed by atoms with Crippen LogP contribution in [0.4, 0.5) is 0 Å². The first-order valence-electron chi connectivity index (χ1n) is 12.2. The van der Waals surface area contributed by atoms with Crippen molar-refractivity contribution in [1.82, 2.24) is 0 Å². The van der Waals surface area contributed by atoms with Gasteiger partial charge in [-0.05, 0) is 26.7 Å². The van der Waals surface area contributed by atoms with E-state index in [0.29, 0.717) is 13.0 Å². The summed E-state index contributed by atoms with van der Waals surface area (Å²) in [6, 6.07) is 20.0. The number of ether oxygens (including phenoxy) is 5. The molecule has 0 N–H and O–H groups in total. The third kappa shape index (κ3) is 7.00. The highest BCUT2D eigenvalue weighted by molar-refractivity contribution is 5.81. The number of rotatable bonds is 8. The highest BCUT2D eigenvalue weighted by atomic mass is 16.7. The summed E-state index contributed by atoms with van der Waals surface area (Å²) in [5.41, 5.74) is 2.01. The van der Waals surface area contributed by atoms with E-state index in [0.717, 1.165) is 30.4 Å². The molecule has 2 fully saturated rings. The molecule has 2 aliphatic heterocycles.